The van der Waals surface area contributed by atoms with Crippen molar-refractivity contribution in [1.82, 2.24) is 5.32 Å². The Kier molecular flexibility index (Phi) is 4.55. The molecular weight excluding hydrogens is 290 g/mol. The van der Waals surface area contributed by atoms with Crippen LogP contribution >= 0.6 is 39.0 Å². The van der Waals surface area contributed by atoms with Crippen LogP contribution in [0.15, 0.2) is 15.9 Å². The van der Waals surface area contributed by atoms with Crippen LogP contribution in [0.2, 0.25) is 0 Å². The lowest BCUT2D eigenvalue weighted by atomic mass is 10.1. The average Bonchev–Trinajstić information content (AvgIpc) is 2.84. The number of thioether (sulfide) groups is 1. The molecule has 2 heterocycles. The predicted molar refractivity (Wildman–Crippen MR) is 73.9 cm³/mol. The highest BCUT2D eigenvalue weighted by Crippen LogP contribution is 2.27. The van der Waals surface area contributed by atoms with Crippen LogP contribution in [0.25, 0.3) is 0 Å². The van der Waals surface area contributed by atoms with E-state index in [9.17, 15) is 0 Å². The Bertz CT molecular complexity index is 307. The zero-order valence-electron chi connectivity index (χ0n) is 8.83. The third-order valence-electron chi connectivity index (χ3n) is 2.75. The summed E-state index contributed by atoms with van der Waals surface area (Å²) in [7, 11) is 0. The first kappa shape index (κ1) is 12.0. The largest absolute Gasteiger partial charge is 0.309 e. The lowest BCUT2D eigenvalue weighted by molar-refractivity contribution is 0.481. The van der Waals surface area contributed by atoms with Crippen LogP contribution in [0.4, 0.5) is 0 Å². The first-order chi connectivity index (χ1) is 7.25. The molecule has 84 valence electrons. The van der Waals surface area contributed by atoms with Crippen molar-refractivity contribution in [2.75, 3.05) is 18.1 Å². The van der Waals surface area contributed by atoms with Crippen molar-refractivity contribution < 1.29 is 0 Å². The van der Waals surface area contributed by atoms with Gasteiger partial charge in [0.15, 0.2) is 0 Å². The summed E-state index contributed by atoms with van der Waals surface area (Å²) in [5.74, 6) is 3.58. The van der Waals surface area contributed by atoms with Gasteiger partial charge in [-0.3, -0.25) is 0 Å². The molecule has 2 rings (SSSR count). The van der Waals surface area contributed by atoms with Gasteiger partial charge in [-0.1, -0.05) is 0 Å². The van der Waals surface area contributed by atoms with E-state index < -0.39 is 0 Å². The highest BCUT2D eigenvalue weighted by Gasteiger charge is 2.16. The number of hydrogen-bond donors (Lipinski definition) is 1. The van der Waals surface area contributed by atoms with E-state index >= 15 is 0 Å². The van der Waals surface area contributed by atoms with E-state index in [2.05, 4.69) is 51.4 Å². The molecule has 1 aromatic rings. The van der Waals surface area contributed by atoms with Crippen molar-refractivity contribution in [3.8, 4) is 0 Å². The fourth-order valence-electron chi connectivity index (χ4n) is 1.74. The number of halogens is 1. The first-order valence-corrected chi connectivity index (χ1v) is 8.13. The molecule has 1 nitrogen and oxygen atoms in total. The normalized spacial score (nSPS) is 23.2. The van der Waals surface area contributed by atoms with E-state index in [-0.39, 0.29) is 0 Å². The maximum absolute atomic E-state index is 3.63. The lowest BCUT2D eigenvalue weighted by Gasteiger charge is -2.15. The highest BCUT2D eigenvalue weighted by molar-refractivity contribution is 9.10. The smallest absolute Gasteiger partial charge is 0.0386 e. The Labute approximate surface area is 108 Å². The molecule has 1 fully saturated rings. The molecule has 1 aliphatic rings. The molecule has 0 spiro atoms. The van der Waals surface area contributed by atoms with Gasteiger partial charge in [0.2, 0.25) is 0 Å². The Morgan fingerprint density at radius 2 is 2.53 bits per heavy atom. The van der Waals surface area contributed by atoms with E-state index in [4.69, 9.17) is 0 Å². The molecule has 1 saturated heterocycles. The van der Waals surface area contributed by atoms with E-state index in [1.807, 2.05) is 11.3 Å². The minimum absolute atomic E-state index is 0.492. The Morgan fingerprint density at radius 1 is 1.67 bits per heavy atom. The van der Waals surface area contributed by atoms with Crippen LogP contribution in [0.1, 0.15) is 24.3 Å². The molecule has 0 radical (unpaired) electrons. The van der Waals surface area contributed by atoms with Crippen molar-refractivity contribution in [1.29, 1.82) is 0 Å². The quantitative estimate of drug-likeness (QED) is 0.905. The van der Waals surface area contributed by atoms with Crippen LogP contribution in [-0.2, 0) is 0 Å². The second kappa shape index (κ2) is 5.71. The van der Waals surface area contributed by atoms with Gasteiger partial charge in [0.1, 0.15) is 0 Å². The predicted octanol–water partition coefficient (Wildman–Crippen LogP) is 3.91. The van der Waals surface area contributed by atoms with Gasteiger partial charge in [0.05, 0.1) is 0 Å². The van der Waals surface area contributed by atoms with Crippen LogP contribution in [0.5, 0.6) is 0 Å². The SMILES string of the molecule is CC(NCC1CCSC1)c1cc(Br)cs1. The van der Waals surface area contributed by atoms with Crippen LogP contribution in [-0.4, -0.2) is 18.1 Å². The van der Waals surface area contributed by atoms with Crippen LogP contribution in [0, 0.1) is 5.92 Å². The Hall–Kier alpha value is 0.490. The van der Waals surface area contributed by atoms with Gasteiger partial charge in [-0.25, -0.2) is 0 Å². The Morgan fingerprint density at radius 3 is 3.13 bits per heavy atom. The van der Waals surface area contributed by atoms with Gasteiger partial charge in [-0.15, -0.1) is 11.3 Å². The molecule has 2 atom stereocenters. The molecule has 0 aliphatic carbocycles. The standard InChI is InChI=1S/C11H16BrNS2/c1-8(11-4-10(12)7-15-11)13-5-9-2-3-14-6-9/h4,7-9,13H,2-3,5-6H2,1H3. The second-order valence-corrected chi connectivity index (χ2v) is 7.04. The second-order valence-electron chi connectivity index (χ2n) is 4.03. The summed E-state index contributed by atoms with van der Waals surface area (Å²) < 4.78 is 1.20. The molecule has 0 saturated carbocycles. The third-order valence-corrected chi connectivity index (χ3v) is 5.86. The van der Waals surface area contributed by atoms with Crippen LogP contribution in [0.3, 0.4) is 0 Å². The van der Waals surface area contributed by atoms with E-state index in [0.29, 0.717) is 6.04 Å². The molecule has 1 aromatic heterocycles. The molecule has 15 heavy (non-hydrogen) atoms. The number of hydrogen-bond acceptors (Lipinski definition) is 3. The molecule has 1 N–H and O–H groups in total. The molecule has 0 bridgehead atoms. The summed E-state index contributed by atoms with van der Waals surface area (Å²) in [5, 5.41) is 5.78. The highest BCUT2D eigenvalue weighted by atomic mass is 79.9. The molecule has 0 amide bonds. The summed E-state index contributed by atoms with van der Waals surface area (Å²) in [4.78, 5) is 1.42. The van der Waals surface area contributed by atoms with Gasteiger partial charge < -0.3 is 5.32 Å². The Balaban J connectivity index is 1.79. The minimum atomic E-state index is 0.492. The topological polar surface area (TPSA) is 12.0 Å². The summed E-state index contributed by atoms with van der Waals surface area (Å²) in [6, 6.07) is 2.71. The van der Waals surface area contributed by atoms with Crippen molar-refractivity contribution >= 4 is 39.0 Å². The number of rotatable bonds is 4. The molecule has 2 unspecified atom stereocenters. The zero-order chi connectivity index (χ0) is 10.7. The summed E-state index contributed by atoms with van der Waals surface area (Å²) in [5.41, 5.74) is 0. The molecule has 4 heteroatoms. The molecule has 0 aromatic carbocycles. The molecule has 1 aliphatic heterocycles. The van der Waals surface area contributed by atoms with E-state index in [1.54, 1.807) is 0 Å². The van der Waals surface area contributed by atoms with Crippen molar-refractivity contribution in [2.45, 2.75) is 19.4 Å². The maximum Gasteiger partial charge on any atom is 0.0386 e. The first-order valence-electron chi connectivity index (χ1n) is 5.31. The fraction of sp³-hybridized carbons (Fsp3) is 0.636. The van der Waals surface area contributed by atoms with Gasteiger partial charge >= 0.3 is 0 Å². The average molecular weight is 306 g/mol. The summed E-state index contributed by atoms with van der Waals surface area (Å²) in [6.07, 6.45) is 1.39. The number of nitrogens with one attached hydrogen (secondary N) is 1. The lowest BCUT2D eigenvalue weighted by Crippen LogP contribution is -2.25. The van der Waals surface area contributed by atoms with Crippen LogP contribution < -0.4 is 5.32 Å². The molecular formula is C11H16BrNS2. The minimum Gasteiger partial charge on any atom is -0.309 e. The number of thiophene rings is 1. The zero-order valence-corrected chi connectivity index (χ0v) is 12.1. The van der Waals surface area contributed by atoms with Gasteiger partial charge in [-0.05, 0) is 59.3 Å². The van der Waals surface area contributed by atoms with Gasteiger partial charge in [0, 0.05) is 20.8 Å². The third kappa shape index (κ3) is 3.48. The van der Waals surface area contributed by atoms with Gasteiger partial charge in [0.25, 0.3) is 0 Å². The van der Waals surface area contributed by atoms with E-state index in [1.165, 1.54) is 33.8 Å². The monoisotopic (exact) mass is 305 g/mol. The maximum atomic E-state index is 3.63. The van der Waals surface area contributed by atoms with Gasteiger partial charge in [-0.2, -0.15) is 11.8 Å². The van der Waals surface area contributed by atoms with E-state index in [0.717, 1.165) is 5.92 Å². The van der Waals surface area contributed by atoms with Crippen molar-refractivity contribution in [3.63, 3.8) is 0 Å². The fourth-order valence-corrected chi connectivity index (χ4v) is 4.51. The van der Waals surface area contributed by atoms with Crippen molar-refractivity contribution in [3.05, 3.63) is 20.8 Å². The van der Waals surface area contributed by atoms with Crippen molar-refractivity contribution in [2.24, 2.45) is 5.92 Å². The summed E-state index contributed by atoms with van der Waals surface area (Å²) in [6.45, 7) is 3.42. The summed E-state index contributed by atoms with van der Waals surface area (Å²) >= 11 is 7.41.